The van der Waals surface area contributed by atoms with Crippen molar-refractivity contribution in [3.63, 3.8) is 0 Å². The highest BCUT2D eigenvalue weighted by molar-refractivity contribution is 5.07. The van der Waals surface area contributed by atoms with Gasteiger partial charge in [0.25, 0.3) is 0 Å². The van der Waals surface area contributed by atoms with Gasteiger partial charge in [-0.15, -0.1) is 0 Å². The third-order valence-corrected chi connectivity index (χ3v) is 4.64. The summed E-state index contributed by atoms with van der Waals surface area (Å²) in [5.41, 5.74) is 7.56. The van der Waals surface area contributed by atoms with Crippen LogP contribution < -0.4 is 5.73 Å². The Morgan fingerprint density at radius 2 is 2.42 bits per heavy atom. The Morgan fingerprint density at radius 1 is 1.53 bits per heavy atom. The number of imidazole rings is 1. The molecule has 2 N–H and O–H groups in total. The molecule has 5 nitrogen and oxygen atoms in total. The van der Waals surface area contributed by atoms with Crippen LogP contribution in [0.1, 0.15) is 31.0 Å². The number of hydrogen-bond donors (Lipinski definition) is 1. The van der Waals surface area contributed by atoms with Crippen molar-refractivity contribution < 1.29 is 4.74 Å². The van der Waals surface area contributed by atoms with E-state index in [9.17, 15) is 0 Å². The molecule has 3 heterocycles. The molecule has 19 heavy (non-hydrogen) atoms. The van der Waals surface area contributed by atoms with E-state index in [0.29, 0.717) is 12.0 Å². The van der Waals surface area contributed by atoms with Gasteiger partial charge in [-0.3, -0.25) is 0 Å². The number of likely N-dealkylation sites (N-methyl/N-ethyl adjacent to an activating group) is 1. The number of likely N-dealkylation sites (tertiary alicyclic amines) is 1. The molecule has 0 bridgehead atoms. The molecule has 0 spiro atoms. The first-order chi connectivity index (χ1) is 9.25. The molecule has 0 saturated carbocycles. The molecular formula is C14H24N4O. The van der Waals surface area contributed by atoms with Gasteiger partial charge in [0.2, 0.25) is 0 Å². The average Bonchev–Trinajstić information content (AvgIpc) is 3.12. The first kappa shape index (κ1) is 13.1. The van der Waals surface area contributed by atoms with Crippen molar-refractivity contribution in [3.8, 4) is 0 Å². The molecule has 1 aromatic heterocycles. The number of ether oxygens (including phenoxy) is 1. The third kappa shape index (κ3) is 2.68. The van der Waals surface area contributed by atoms with E-state index in [1.165, 1.54) is 19.4 Å². The topological polar surface area (TPSA) is 56.3 Å². The molecule has 5 heteroatoms. The Labute approximate surface area is 114 Å². The smallest absolute Gasteiger partial charge is 0.0949 e. The predicted octanol–water partition coefficient (Wildman–Crippen LogP) is 1.01. The van der Waals surface area contributed by atoms with Crippen molar-refractivity contribution in [1.82, 2.24) is 14.5 Å². The predicted molar refractivity (Wildman–Crippen MR) is 73.7 cm³/mol. The summed E-state index contributed by atoms with van der Waals surface area (Å²) in [4.78, 5) is 6.74. The summed E-state index contributed by atoms with van der Waals surface area (Å²) in [6.07, 6.45) is 7.49. The third-order valence-electron chi connectivity index (χ3n) is 4.64. The molecule has 2 aliphatic rings. The fourth-order valence-electron chi connectivity index (χ4n) is 3.28. The van der Waals surface area contributed by atoms with E-state index >= 15 is 0 Å². The van der Waals surface area contributed by atoms with E-state index < -0.39 is 0 Å². The Bertz CT molecular complexity index is 413. The summed E-state index contributed by atoms with van der Waals surface area (Å²) in [6, 6.07) is 0.677. The number of aromatic nitrogens is 2. The monoisotopic (exact) mass is 264 g/mol. The molecule has 1 aromatic rings. The molecule has 2 saturated heterocycles. The summed E-state index contributed by atoms with van der Waals surface area (Å²) >= 11 is 0. The van der Waals surface area contributed by atoms with Gasteiger partial charge < -0.3 is 19.9 Å². The Kier molecular flexibility index (Phi) is 3.86. The zero-order chi connectivity index (χ0) is 13.2. The minimum Gasteiger partial charge on any atom is -0.381 e. The molecular weight excluding hydrogens is 240 g/mol. The van der Waals surface area contributed by atoms with Crippen molar-refractivity contribution in [2.45, 2.75) is 37.9 Å². The van der Waals surface area contributed by atoms with Gasteiger partial charge in [0, 0.05) is 31.3 Å². The van der Waals surface area contributed by atoms with Crippen molar-refractivity contribution in [2.75, 3.05) is 26.8 Å². The van der Waals surface area contributed by atoms with Crippen LogP contribution in [0.4, 0.5) is 0 Å². The summed E-state index contributed by atoms with van der Waals surface area (Å²) in [6.45, 7) is 3.85. The quantitative estimate of drug-likeness (QED) is 0.882. The normalized spacial score (nSPS) is 30.0. The molecule has 0 amide bonds. The summed E-state index contributed by atoms with van der Waals surface area (Å²) < 4.78 is 7.69. The Hall–Kier alpha value is -0.910. The summed E-state index contributed by atoms with van der Waals surface area (Å²) in [5, 5.41) is 0. The van der Waals surface area contributed by atoms with E-state index in [1.54, 1.807) is 0 Å². The lowest BCUT2D eigenvalue weighted by Crippen LogP contribution is -2.31. The van der Waals surface area contributed by atoms with Crippen LogP contribution in [-0.4, -0.2) is 47.3 Å². The highest BCUT2D eigenvalue weighted by Gasteiger charge is 2.28. The number of rotatable bonds is 4. The molecule has 2 fully saturated rings. The highest BCUT2D eigenvalue weighted by Crippen LogP contribution is 2.27. The minimum atomic E-state index is 0.0525. The minimum absolute atomic E-state index is 0.0525. The maximum absolute atomic E-state index is 6.40. The zero-order valence-corrected chi connectivity index (χ0v) is 11.7. The van der Waals surface area contributed by atoms with E-state index in [2.05, 4.69) is 21.5 Å². The Morgan fingerprint density at radius 3 is 3.11 bits per heavy atom. The van der Waals surface area contributed by atoms with Crippen molar-refractivity contribution in [2.24, 2.45) is 11.7 Å². The van der Waals surface area contributed by atoms with Crippen LogP contribution in [0, 0.1) is 5.92 Å². The van der Waals surface area contributed by atoms with Gasteiger partial charge in [0.05, 0.1) is 24.7 Å². The molecule has 3 atom stereocenters. The standard InChI is InChI=1S/C14H24N4O/c1-17-5-2-3-12(17)8-18-10-16-7-13(18)14(15)11-4-6-19-9-11/h7,10-12,14H,2-6,8-9,15H2,1H3. The average molecular weight is 264 g/mol. The molecule has 0 aliphatic carbocycles. The van der Waals surface area contributed by atoms with Gasteiger partial charge in [-0.1, -0.05) is 0 Å². The van der Waals surface area contributed by atoms with Crippen LogP contribution >= 0.6 is 0 Å². The molecule has 0 radical (unpaired) electrons. The van der Waals surface area contributed by atoms with Crippen LogP contribution in [0.2, 0.25) is 0 Å². The van der Waals surface area contributed by atoms with Crippen LogP contribution in [0.25, 0.3) is 0 Å². The Balaban J connectivity index is 1.70. The number of hydrogen-bond acceptors (Lipinski definition) is 4. The van der Waals surface area contributed by atoms with Gasteiger partial charge in [0.15, 0.2) is 0 Å². The molecule has 3 rings (SSSR count). The largest absolute Gasteiger partial charge is 0.381 e. The second-order valence-electron chi connectivity index (χ2n) is 5.90. The van der Waals surface area contributed by atoms with E-state index in [4.69, 9.17) is 10.5 Å². The number of nitrogens with two attached hydrogens (primary N) is 1. The lowest BCUT2D eigenvalue weighted by Gasteiger charge is -2.24. The lowest BCUT2D eigenvalue weighted by molar-refractivity contribution is 0.180. The summed E-state index contributed by atoms with van der Waals surface area (Å²) in [7, 11) is 2.21. The van der Waals surface area contributed by atoms with E-state index in [1.807, 2.05) is 12.5 Å². The number of nitrogens with zero attached hydrogens (tertiary/aromatic N) is 3. The second kappa shape index (κ2) is 5.61. The fourth-order valence-corrected chi connectivity index (χ4v) is 3.28. The molecule has 3 unspecified atom stereocenters. The van der Waals surface area contributed by atoms with Crippen LogP contribution in [-0.2, 0) is 11.3 Å². The van der Waals surface area contributed by atoms with Crippen LogP contribution in [0.5, 0.6) is 0 Å². The van der Waals surface area contributed by atoms with Crippen molar-refractivity contribution in [3.05, 3.63) is 18.2 Å². The van der Waals surface area contributed by atoms with Crippen LogP contribution in [0.15, 0.2) is 12.5 Å². The van der Waals surface area contributed by atoms with Gasteiger partial charge >= 0.3 is 0 Å². The SMILES string of the molecule is CN1CCCC1Cn1cncc1C(N)C1CCOC1. The van der Waals surface area contributed by atoms with Crippen molar-refractivity contribution in [1.29, 1.82) is 0 Å². The lowest BCUT2D eigenvalue weighted by atomic mass is 9.97. The first-order valence-corrected chi connectivity index (χ1v) is 7.29. The van der Waals surface area contributed by atoms with E-state index in [0.717, 1.165) is 31.9 Å². The molecule has 2 aliphatic heterocycles. The zero-order valence-electron chi connectivity index (χ0n) is 11.7. The van der Waals surface area contributed by atoms with Gasteiger partial charge in [0.1, 0.15) is 0 Å². The van der Waals surface area contributed by atoms with E-state index in [-0.39, 0.29) is 6.04 Å². The van der Waals surface area contributed by atoms with Gasteiger partial charge in [-0.2, -0.15) is 0 Å². The highest BCUT2D eigenvalue weighted by atomic mass is 16.5. The maximum Gasteiger partial charge on any atom is 0.0949 e. The van der Waals surface area contributed by atoms with Gasteiger partial charge in [-0.05, 0) is 32.9 Å². The molecule has 0 aromatic carbocycles. The van der Waals surface area contributed by atoms with Gasteiger partial charge in [-0.25, -0.2) is 4.98 Å². The fraction of sp³-hybridized carbons (Fsp3) is 0.786. The first-order valence-electron chi connectivity index (χ1n) is 7.29. The van der Waals surface area contributed by atoms with Crippen LogP contribution in [0.3, 0.4) is 0 Å². The van der Waals surface area contributed by atoms with Crippen molar-refractivity contribution >= 4 is 0 Å². The summed E-state index contributed by atoms with van der Waals surface area (Å²) in [5.74, 6) is 0.441. The maximum atomic E-state index is 6.40. The second-order valence-corrected chi connectivity index (χ2v) is 5.90. The molecule has 106 valence electrons.